The fourth-order valence-corrected chi connectivity index (χ4v) is 3.06. The molecule has 1 amide bonds. The third-order valence-corrected chi connectivity index (χ3v) is 4.46. The molecule has 2 aromatic heterocycles. The third-order valence-electron chi connectivity index (χ3n) is 4.46. The fraction of sp³-hybridized carbons (Fsp3) is 0.0909. The Morgan fingerprint density at radius 3 is 2.71 bits per heavy atom. The number of aromatic nitrogens is 2. The number of aryl methyl sites for hydroxylation is 1. The van der Waals surface area contributed by atoms with Crippen molar-refractivity contribution in [3.63, 3.8) is 0 Å². The highest BCUT2D eigenvalue weighted by molar-refractivity contribution is 6.06. The normalized spacial score (nSPS) is 10.8. The Labute approximate surface area is 161 Å². The highest BCUT2D eigenvalue weighted by atomic mass is 19.1. The van der Waals surface area contributed by atoms with E-state index in [9.17, 15) is 9.18 Å². The molecule has 0 aliphatic rings. The molecule has 0 atom stereocenters. The van der Waals surface area contributed by atoms with E-state index in [1.807, 2.05) is 25.3 Å². The summed E-state index contributed by atoms with van der Waals surface area (Å²) in [5.74, 6) is 0.256. The van der Waals surface area contributed by atoms with E-state index in [4.69, 9.17) is 4.74 Å². The molecule has 0 aliphatic heterocycles. The van der Waals surface area contributed by atoms with Gasteiger partial charge in [0.1, 0.15) is 28.7 Å². The van der Waals surface area contributed by atoms with Crippen LogP contribution in [0.25, 0.3) is 16.9 Å². The van der Waals surface area contributed by atoms with Crippen LogP contribution in [0.2, 0.25) is 0 Å². The molecule has 4 aromatic rings. The van der Waals surface area contributed by atoms with Gasteiger partial charge >= 0.3 is 0 Å². The van der Waals surface area contributed by atoms with Gasteiger partial charge in [-0.1, -0.05) is 24.3 Å². The third kappa shape index (κ3) is 3.20. The number of carbonyl (C=O) groups is 1. The number of imidazole rings is 1. The number of nitrogens with one attached hydrogen (secondary N) is 1. The van der Waals surface area contributed by atoms with E-state index < -0.39 is 5.82 Å². The molecule has 5 nitrogen and oxygen atoms in total. The van der Waals surface area contributed by atoms with E-state index in [1.165, 1.54) is 6.07 Å². The zero-order valence-electron chi connectivity index (χ0n) is 15.4. The Morgan fingerprint density at radius 2 is 1.93 bits per heavy atom. The summed E-state index contributed by atoms with van der Waals surface area (Å²) in [5.41, 5.74) is 2.73. The SMILES string of the molecule is COc1cccc(C(=O)Nc2c(-c3ccccc3F)nc3ccc(C)cn23)c1. The molecule has 2 heterocycles. The lowest BCUT2D eigenvalue weighted by Crippen LogP contribution is -2.14. The van der Waals surface area contributed by atoms with Gasteiger partial charge in [0.05, 0.1) is 7.11 Å². The predicted octanol–water partition coefficient (Wildman–Crippen LogP) is 4.71. The second-order valence-corrected chi connectivity index (χ2v) is 6.41. The number of pyridine rings is 1. The molecule has 0 radical (unpaired) electrons. The van der Waals surface area contributed by atoms with Crippen molar-refractivity contribution >= 4 is 17.4 Å². The first kappa shape index (κ1) is 17.7. The minimum absolute atomic E-state index is 0.324. The molecule has 0 saturated carbocycles. The van der Waals surface area contributed by atoms with Gasteiger partial charge in [0.2, 0.25) is 0 Å². The van der Waals surface area contributed by atoms with Crippen LogP contribution in [0.3, 0.4) is 0 Å². The highest BCUT2D eigenvalue weighted by Gasteiger charge is 2.19. The Balaban J connectivity index is 1.84. The molecule has 0 aliphatic carbocycles. The Morgan fingerprint density at radius 1 is 1.11 bits per heavy atom. The summed E-state index contributed by atoms with van der Waals surface area (Å²) in [4.78, 5) is 17.4. The van der Waals surface area contributed by atoms with Crippen molar-refractivity contribution in [1.82, 2.24) is 9.38 Å². The monoisotopic (exact) mass is 375 g/mol. The second-order valence-electron chi connectivity index (χ2n) is 6.41. The lowest BCUT2D eigenvalue weighted by atomic mass is 10.1. The van der Waals surface area contributed by atoms with Crippen molar-refractivity contribution in [2.75, 3.05) is 12.4 Å². The molecule has 4 rings (SSSR count). The number of rotatable bonds is 4. The van der Waals surface area contributed by atoms with Crippen molar-refractivity contribution in [2.45, 2.75) is 6.92 Å². The van der Waals surface area contributed by atoms with Gasteiger partial charge in [-0.05, 0) is 48.9 Å². The summed E-state index contributed by atoms with van der Waals surface area (Å²) in [7, 11) is 1.54. The molecule has 0 unspecified atom stereocenters. The van der Waals surface area contributed by atoms with Gasteiger partial charge in [-0.2, -0.15) is 0 Å². The molecule has 6 heteroatoms. The molecule has 140 valence electrons. The average molecular weight is 375 g/mol. The van der Waals surface area contributed by atoms with E-state index in [1.54, 1.807) is 54.0 Å². The van der Waals surface area contributed by atoms with Gasteiger partial charge in [0.15, 0.2) is 0 Å². The molecule has 0 bridgehead atoms. The number of hydrogen-bond acceptors (Lipinski definition) is 3. The highest BCUT2D eigenvalue weighted by Crippen LogP contribution is 2.31. The number of halogens is 1. The zero-order chi connectivity index (χ0) is 19.7. The van der Waals surface area contributed by atoms with Gasteiger partial charge in [-0.15, -0.1) is 0 Å². The van der Waals surface area contributed by atoms with Gasteiger partial charge in [-0.3, -0.25) is 9.20 Å². The largest absolute Gasteiger partial charge is 0.497 e. The first-order valence-corrected chi connectivity index (χ1v) is 8.76. The van der Waals surface area contributed by atoms with E-state index in [-0.39, 0.29) is 5.91 Å². The summed E-state index contributed by atoms with van der Waals surface area (Å²) in [6.45, 7) is 1.94. The number of benzene rings is 2. The molecular weight excluding hydrogens is 357 g/mol. The Hall–Kier alpha value is -3.67. The summed E-state index contributed by atoms with van der Waals surface area (Å²) < 4.78 is 21.4. The zero-order valence-corrected chi connectivity index (χ0v) is 15.4. The number of nitrogens with zero attached hydrogens (tertiary/aromatic N) is 2. The lowest BCUT2D eigenvalue weighted by Gasteiger charge is -2.09. The predicted molar refractivity (Wildman–Crippen MR) is 106 cm³/mol. The van der Waals surface area contributed by atoms with Crippen molar-refractivity contribution in [1.29, 1.82) is 0 Å². The molecule has 28 heavy (non-hydrogen) atoms. The standard InChI is InChI=1S/C22H18FN3O2/c1-14-10-11-19-24-20(17-8-3-4-9-18(17)23)21(26(19)13-14)25-22(27)15-6-5-7-16(12-15)28-2/h3-13H,1-2H3,(H,25,27). The minimum Gasteiger partial charge on any atom is -0.497 e. The number of ether oxygens (including phenoxy) is 1. The smallest absolute Gasteiger partial charge is 0.256 e. The number of anilines is 1. The lowest BCUT2D eigenvalue weighted by molar-refractivity contribution is 0.102. The maximum Gasteiger partial charge on any atom is 0.256 e. The van der Waals surface area contributed by atoms with Gasteiger partial charge in [-0.25, -0.2) is 9.37 Å². The maximum absolute atomic E-state index is 14.4. The molecule has 1 N–H and O–H groups in total. The minimum atomic E-state index is -0.403. The maximum atomic E-state index is 14.4. The van der Waals surface area contributed by atoms with Crippen LogP contribution in [0.15, 0.2) is 66.9 Å². The number of methoxy groups -OCH3 is 1. The number of carbonyl (C=O) groups excluding carboxylic acids is 1. The molecule has 0 spiro atoms. The quantitative estimate of drug-likeness (QED) is 0.562. The molecular formula is C22H18FN3O2. The number of amides is 1. The van der Waals surface area contributed by atoms with Crippen LogP contribution in [0, 0.1) is 12.7 Å². The van der Waals surface area contributed by atoms with Crippen LogP contribution in [0.1, 0.15) is 15.9 Å². The van der Waals surface area contributed by atoms with Crippen LogP contribution in [-0.2, 0) is 0 Å². The summed E-state index contributed by atoms with van der Waals surface area (Å²) in [5, 5.41) is 2.89. The van der Waals surface area contributed by atoms with Gasteiger partial charge in [0, 0.05) is 17.3 Å². The first-order chi connectivity index (χ1) is 13.6. The molecule has 0 fully saturated rings. The summed E-state index contributed by atoms with van der Waals surface area (Å²) in [6, 6.07) is 17.0. The van der Waals surface area contributed by atoms with E-state index in [0.717, 1.165) is 5.56 Å². The van der Waals surface area contributed by atoms with Crippen LogP contribution < -0.4 is 10.1 Å². The molecule has 2 aromatic carbocycles. The summed E-state index contributed by atoms with van der Waals surface area (Å²) >= 11 is 0. The van der Waals surface area contributed by atoms with Gasteiger partial charge in [0.25, 0.3) is 5.91 Å². The number of hydrogen-bond donors (Lipinski definition) is 1. The van der Waals surface area contributed by atoms with E-state index >= 15 is 0 Å². The average Bonchev–Trinajstić information content (AvgIpc) is 3.05. The van der Waals surface area contributed by atoms with Crippen molar-refractivity contribution in [2.24, 2.45) is 0 Å². The van der Waals surface area contributed by atoms with Crippen molar-refractivity contribution in [3.8, 4) is 17.0 Å². The fourth-order valence-electron chi connectivity index (χ4n) is 3.06. The topological polar surface area (TPSA) is 55.6 Å². The Kier molecular flexibility index (Phi) is 4.53. The second kappa shape index (κ2) is 7.15. The van der Waals surface area contributed by atoms with Crippen molar-refractivity contribution < 1.29 is 13.9 Å². The van der Waals surface area contributed by atoms with Crippen LogP contribution in [0.5, 0.6) is 5.75 Å². The van der Waals surface area contributed by atoms with Crippen LogP contribution >= 0.6 is 0 Å². The molecule has 0 saturated heterocycles. The summed E-state index contributed by atoms with van der Waals surface area (Å²) in [6.07, 6.45) is 1.86. The van der Waals surface area contributed by atoms with Crippen molar-refractivity contribution in [3.05, 3.63) is 83.8 Å². The Bertz CT molecular complexity index is 1180. The first-order valence-electron chi connectivity index (χ1n) is 8.76. The number of fused-ring (bicyclic) bond motifs is 1. The van der Waals surface area contributed by atoms with Crippen LogP contribution in [-0.4, -0.2) is 22.4 Å². The van der Waals surface area contributed by atoms with Crippen LogP contribution in [0.4, 0.5) is 10.2 Å². The van der Waals surface area contributed by atoms with E-state index in [2.05, 4.69) is 10.3 Å². The van der Waals surface area contributed by atoms with E-state index in [0.29, 0.717) is 34.0 Å². The van der Waals surface area contributed by atoms with Gasteiger partial charge < -0.3 is 10.1 Å².